The molecular formula is C12H14O4. The van der Waals surface area contributed by atoms with Crippen LogP contribution in [0, 0.1) is 0 Å². The van der Waals surface area contributed by atoms with Crippen LogP contribution in [0.25, 0.3) is 0 Å². The molecule has 1 aliphatic heterocycles. The van der Waals surface area contributed by atoms with E-state index in [1.165, 1.54) is 7.11 Å². The van der Waals surface area contributed by atoms with Crippen molar-refractivity contribution < 1.29 is 18.9 Å². The lowest BCUT2D eigenvalue weighted by atomic mass is 10.1. The molecule has 4 nitrogen and oxygen atoms in total. The minimum Gasteiger partial charge on any atom is -0.428 e. The van der Waals surface area contributed by atoms with Crippen LogP contribution >= 0.6 is 0 Å². The number of hydrogen-bond donors (Lipinski definition) is 0. The van der Waals surface area contributed by atoms with Gasteiger partial charge in [-0.15, -0.1) is 6.58 Å². The average Bonchev–Trinajstić information content (AvgIpc) is 2.73. The second-order valence-electron chi connectivity index (χ2n) is 3.36. The first kappa shape index (κ1) is 11.0. The van der Waals surface area contributed by atoms with Gasteiger partial charge in [0.05, 0.1) is 0 Å². The molecule has 0 fully saturated rings. The highest BCUT2D eigenvalue weighted by Gasteiger charge is 2.24. The maximum Gasteiger partial charge on any atom is 0.360 e. The van der Waals surface area contributed by atoms with E-state index in [9.17, 15) is 0 Å². The van der Waals surface area contributed by atoms with E-state index in [0.717, 1.165) is 5.56 Å². The molecule has 0 amide bonds. The van der Waals surface area contributed by atoms with E-state index in [2.05, 4.69) is 6.58 Å². The molecule has 1 heterocycles. The van der Waals surface area contributed by atoms with Gasteiger partial charge in [0.1, 0.15) is 6.10 Å². The first-order chi connectivity index (χ1) is 7.78. The van der Waals surface area contributed by atoms with Crippen molar-refractivity contribution in [1.82, 2.24) is 0 Å². The maximum atomic E-state index is 5.40. The van der Waals surface area contributed by atoms with Crippen LogP contribution < -0.4 is 9.47 Å². The SMILES string of the molecule is C=CC(OC)c1ccc2c(c1)OC(OC)O2. The summed E-state index contributed by atoms with van der Waals surface area (Å²) < 4.78 is 21.0. The van der Waals surface area contributed by atoms with Crippen molar-refractivity contribution in [3.05, 3.63) is 36.4 Å². The quantitative estimate of drug-likeness (QED) is 0.732. The Morgan fingerprint density at radius 1 is 1.31 bits per heavy atom. The Morgan fingerprint density at radius 2 is 2.06 bits per heavy atom. The van der Waals surface area contributed by atoms with Crippen molar-refractivity contribution in [3.63, 3.8) is 0 Å². The van der Waals surface area contributed by atoms with E-state index in [1.54, 1.807) is 13.2 Å². The van der Waals surface area contributed by atoms with Gasteiger partial charge in [-0.3, -0.25) is 0 Å². The van der Waals surface area contributed by atoms with Crippen LogP contribution in [-0.4, -0.2) is 20.7 Å². The number of rotatable bonds is 4. The topological polar surface area (TPSA) is 36.9 Å². The number of benzene rings is 1. The number of methoxy groups -OCH3 is 2. The monoisotopic (exact) mass is 222 g/mol. The second-order valence-corrected chi connectivity index (χ2v) is 3.36. The largest absolute Gasteiger partial charge is 0.428 e. The van der Waals surface area contributed by atoms with E-state index in [-0.39, 0.29) is 6.10 Å². The molecule has 2 rings (SSSR count). The highest BCUT2D eigenvalue weighted by molar-refractivity contribution is 5.45. The summed E-state index contributed by atoms with van der Waals surface area (Å²) in [5.41, 5.74) is 0.969. The van der Waals surface area contributed by atoms with Crippen LogP contribution in [-0.2, 0) is 9.47 Å². The zero-order chi connectivity index (χ0) is 11.5. The molecule has 0 spiro atoms. The predicted octanol–water partition coefficient (Wildman–Crippen LogP) is 2.26. The Labute approximate surface area is 94.4 Å². The Hall–Kier alpha value is -1.52. The van der Waals surface area contributed by atoms with Crippen LogP contribution in [0.3, 0.4) is 0 Å². The molecule has 16 heavy (non-hydrogen) atoms. The van der Waals surface area contributed by atoms with Crippen molar-refractivity contribution in [2.45, 2.75) is 12.6 Å². The lowest BCUT2D eigenvalue weighted by Gasteiger charge is -2.10. The van der Waals surface area contributed by atoms with E-state index >= 15 is 0 Å². The highest BCUT2D eigenvalue weighted by Crippen LogP contribution is 2.37. The third-order valence-electron chi connectivity index (χ3n) is 2.40. The first-order valence-corrected chi connectivity index (χ1v) is 4.94. The molecule has 0 bridgehead atoms. The van der Waals surface area contributed by atoms with E-state index in [1.807, 2.05) is 18.2 Å². The third-order valence-corrected chi connectivity index (χ3v) is 2.40. The summed E-state index contributed by atoms with van der Waals surface area (Å²) in [5, 5.41) is 0. The van der Waals surface area contributed by atoms with Gasteiger partial charge in [-0.1, -0.05) is 12.1 Å². The molecule has 0 radical (unpaired) electrons. The summed E-state index contributed by atoms with van der Waals surface area (Å²) in [4.78, 5) is 0. The second kappa shape index (κ2) is 4.55. The minimum absolute atomic E-state index is 0.143. The molecule has 2 unspecified atom stereocenters. The fourth-order valence-corrected chi connectivity index (χ4v) is 1.59. The molecule has 0 aliphatic carbocycles. The highest BCUT2D eigenvalue weighted by atomic mass is 16.9. The molecule has 0 saturated heterocycles. The van der Waals surface area contributed by atoms with Gasteiger partial charge in [0.25, 0.3) is 0 Å². The Morgan fingerprint density at radius 3 is 2.69 bits per heavy atom. The van der Waals surface area contributed by atoms with Crippen molar-refractivity contribution >= 4 is 0 Å². The maximum absolute atomic E-state index is 5.40. The molecule has 0 N–H and O–H groups in total. The Kier molecular flexibility index (Phi) is 3.12. The van der Waals surface area contributed by atoms with Gasteiger partial charge in [-0.05, 0) is 17.7 Å². The van der Waals surface area contributed by atoms with Gasteiger partial charge in [-0.25, -0.2) is 0 Å². The summed E-state index contributed by atoms with van der Waals surface area (Å²) in [6.07, 6.45) is 1.58. The summed E-state index contributed by atoms with van der Waals surface area (Å²) in [6.45, 7) is 3.05. The van der Waals surface area contributed by atoms with E-state index in [0.29, 0.717) is 11.5 Å². The Balaban J connectivity index is 2.24. The predicted molar refractivity (Wildman–Crippen MR) is 58.4 cm³/mol. The molecule has 4 heteroatoms. The molecule has 1 aliphatic rings. The standard InChI is InChI=1S/C12H14O4/c1-4-9(13-2)8-5-6-10-11(7-8)16-12(14-3)15-10/h4-7,9,12H,1H2,2-3H3. The van der Waals surface area contributed by atoms with Crippen LogP contribution in [0.4, 0.5) is 0 Å². The molecule has 1 aromatic rings. The van der Waals surface area contributed by atoms with Gasteiger partial charge in [0.2, 0.25) is 0 Å². The van der Waals surface area contributed by atoms with Crippen LogP contribution in [0.5, 0.6) is 11.5 Å². The summed E-state index contributed by atoms with van der Waals surface area (Å²) in [5.74, 6) is 1.34. The lowest BCUT2D eigenvalue weighted by molar-refractivity contribution is -0.157. The average molecular weight is 222 g/mol. The molecule has 86 valence electrons. The minimum atomic E-state index is -0.657. The molecule has 0 saturated carbocycles. The van der Waals surface area contributed by atoms with Gasteiger partial charge in [-0.2, -0.15) is 0 Å². The Bertz CT molecular complexity index is 389. The van der Waals surface area contributed by atoms with Crippen LogP contribution in [0.1, 0.15) is 11.7 Å². The van der Waals surface area contributed by atoms with Gasteiger partial charge in [0, 0.05) is 14.2 Å². The summed E-state index contributed by atoms with van der Waals surface area (Å²) in [7, 11) is 3.16. The molecular weight excluding hydrogens is 208 g/mol. The fourth-order valence-electron chi connectivity index (χ4n) is 1.59. The van der Waals surface area contributed by atoms with Crippen molar-refractivity contribution in [2.75, 3.05) is 14.2 Å². The molecule has 2 atom stereocenters. The molecule has 1 aromatic carbocycles. The lowest BCUT2D eigenvalue weighted by Crippen LogP contribution is -2.19. The van der Waals surface area contributed by atoms with Crippen molar-refractivity contribution in [1.29, 1.82) is 0 Å². The van der Waals surface area contributed by atoms with Crippen molar-refractivity contribution in [2.24, 2.45) is 0 Å². The normalized spacial score (nSPS) is 19.5. The van der Waals surface area contributed by atoms with E-state index < -0.39 is 6.48 Å². The zero-order valence-electron chi connectivity index (χ0n) is 9.30. The van der Waals surface area contributed by atoms with Crippen LogP contribution in [0.15, 0.2) is 30.9 Å². The van der Waals surface area contributed by atoms with E-state index in [4.69, 9.17) is 18.9 Å². The summed E-state index contributed by atoms with van der Waals surface area (Å²) >= 11 is 0. The van der Waals surface area contributed by atoms with Crippen molar-refractivity contribution in [3.8, 4) is 11.5 Å². The smallest absolute Gasteiger partial charge is 0.360 e. The third kappa shape index (κ3) is 1.89. The zero-order valence-corrected chi connectivity index (χ0v) is 9.30. The fraction of sp³-hybridized carbons (Fsp3) is 0.333. The van der Waals surface area contributed by atoms with Gasteiger partial charge >= 0.3 is 6.48 Å². The van der Waals surface area contributed by atoms with Gasteiger partial charge in [0.15, 0.2) is 11.5 Å². The van der Waals surface area contributed by atoms with Gasteiger partial charge < -0.3 is 18.9 Å². The summed E-state index contributed by atoms with van der Waals surface area (Å²) in [6, 6.07) is 5.61. The number of hydrogen-bond acceptors (Lipinski definition) is 4. The number of ether oxygens (including phenoxy) is 4. The molecule has 0 aromatic heterocycles. The van der Waals surface area contributed by atoms with Crippen LogP contribution in [0.2, 0.25) is 0 Å². The number of fused-ring (bicyclic) bond motifs is 1. The first-order valence-electron chi connectivity index (χ1n) is 4.94.